The van der Waals surface area contributed by atoms with Crippen LogP contribution in [0, 0.1) is 6.92 Å². The van der Waals surface area contributed by atoms with Gasteiger partial charge in [0.15, 0.2) is 0 Å². The topological polar surface area (TPSA) is 91.3 Å². The van der Waals surface area contributed by atoms with Crippen LogP contribution in [0.1, 0.15) is 44.7 Å². The lowest BCUT2D eigenvalue weighted by Gasteiger charge is -2.43. The number of rotatable bonds is 16. The molecule has 0 saturated heterocycles. The van der Waals surface area contributed by atoms with Crippen molar-refractivity contribution in [2.45, 2.75) is 69.3 Å². The van der Waals surface area contributed by atoms with Gasteiger partial charge in [0, 0.05) is 13.0 Å². The predicted octanol–water partition coefficient (Wildman–Crippen LogP) is 6.01. The van der Waals surface area contributed by atoms with E-state index in [0.717, 1.165) is 16.9 Å². The Bertz CT molecular complexity index is 1550. The highest BCUT2D eigenvalue weighted by Crippen LogP contribution is 2.37. The first-order valence-corrected chi connectivity index (χ1v) is 18.9. The molecule has 0 aliphatic carbocycles. The summed E-state index contributed by atoms with van der Waals surface area (Å²) in [5, 5.41) is 13.1. The van der Waals surface area contributed by atoms with Gasteiger partial charge in [-0.25, -0.2) is 0 Å². The fraction of sp³-hybridized carbons (Fsp3) is 0.351. The van der Waals surface area contributed by atoms with Gasteiger partial charge in [0.2, 0.25) is 0 Å². The van der Waals surface area contributed by atoms with Gasteiger partial charge in [0.25, 0.3) is 18.4 Å². The molecule has 0 fully saturated rings. The number of hydrogen-bond acceptors (Lipinski definition) is 7. The summed E-state index contributed by atoms with van der Waals surface area (Å²) in [4.78, 5) is 0.0521. The van der Waals surface area contributed by atoms with Crippen LogP contribution in [0.15, 0.2) is 114 Å². The molecule has 4 aromatic carbocycles. The molecular formula is C37H46O7SSi. The average molecular weight is 663 g/mol. The van der Waals surface area contributed by atoms with Gasteiger partial charge >= 0.3 is 0 Å². The first-order chi connectivity index (χ1) is 21.9. The van der Waals surface area contributed by atoms with Crippen molar-refractivity contribution in [1.29, 1.82) is 0 Å². The Kier molecular flexibility index (Phi) is 12.4. The van der Waals surface area contributed by atoms with Gasteiger partial charge in [-0.15, -0.1) is 0 Å². The van der Waals surface area contributed by atoms with Crippen LogP contribution >= 0.6 is 0 Å². The summed E-state index contributed by atoms with van der Waals surface area (Å²) in [5.74, 6) is 0.751. The van der Waals surface area contributed by atoms with E-state index in [1.54, 1.807) is 19.2 Å². The molecule has 0 saturated carbocycles. The van der Waals surface area contributed by atoms with E-state index in [2.05, 4.69) is 69.3 Å². The summed E-state index contributed by atoms with van der Waals surface area (Å²) in [6.07, 6.45) is -0.846. The van der Waals surface area contributed by atoms with Crippen LogP contribution < -0.4 is 15.1 Å². The van der Waals surface area contributed by atoms with E-state index in [1.165, 1.54) is 22.5 Å². The standard InChI is InChI=1S/C37H46O7SSi/c1-29-16-22-34(23-17-29)45(39,40)43-28-31(38)26-33(42-27-30-18-20-32(41-5)21-19-30)24-25-44-46(37(2,3)4,35-12-8-6-9-13-35)36-14-10-7-11-15-36/h6-23,31,33,38H,24-28H2,1-5H3/t31-,33-/m0/s1. The second-order valence-electron chi connectivity index (χ2n) is 12.5. The second kappa shape index (κ2) is 16.0. The molecule has 0 aliphatic heterocycles. The minimum Gasteiger partial charge on any atom is -0.497 e. The number of aryl methyl sites for hydroxylation is 1. The van der Waals surface area contributed by atoms with Gasteiger partial charge in [-0.1, -0.05) is 111 Å². The Morgan fingerprint density at radius 1 is 0.804 bits per heavy atom. The Morgan fingerprint density at radius 3 is 1.89 bits per heavy atom. The highest BCUT2D eigenvalue weighted by Gasteiger charge is 2.50. The number of aliphatic hydroxyl groups excluding tert-OH is 1. The maximum atomic E-state index is 12.8. The molecule has 0 spiro atoms. The first-order valence-electron chi connectivity index (χ1n) is 15.6. The third-order valence-electron chi connectivity index (χ3n) is 8.08. The first kappa shape index (κ1) is 35.5. The van der Waals surface area contributed by atoms with Crippen molar-refractivity contribution < 1.29 is 31.6 Å². The zero-order valence-electron chi connectivity index (χ0n) is 27.4. The summed E-state index contributed by atoms with van der Waals surface area (Å²) in [6.45, 7) is 8.88. The molecule has 4 aromatic rings. The lowest BCUT2D eigenvalue weighted by molar-refractivity contribution is -0.0163. The van der Waals surface area contributed by atoms with Crippen molar-refractivity contribution in [2.24, 2.45) is 0 Å². The second-order valence-corrected chi connectivity index (χ2v) is 18.4. The van der Waals surface area contributed by atoms with E-state index >= 15 is 0 Å². The number of aliphatic hydroxyl groups is 1. The van der Waals surface area contributed by atoms with Gasteiger partial charge in [0.05, 0.1) is 37.4 Å². The maximum Gasteiger partial charge on any atom is 0.297 e. The molecule has 9 heteroatoms. The van der Waals surface area contributed by atoms with E-state index in [4.69, 9.17) is 18.1 Å². The highest BCUT2D eigenvalue weighted by atomic mass is 32.2. The minimum atomic E-state index is -4.02. The summed E-state index contributed by atoms with van der Waals surface area (Å²) < 4.78 is 49.5. The summed E-state index contributed by atoms with van der Waals surface area (Å²) in [5.41, 5.74) is 1.89. The highest BCUT2D eigenvalue weighted by molar-refractivity contribution is 7.86. The van der Waals surface area contributed by atoms with Crippen molar-refractivity contribution in [3.63, 3.8) is 0 Å². The molecule has 46 heavy (non-hydrogen) atoms. The molecule has 0 aliphatic rings. The van der Waals surface area contributed by atoms with Crippen LogP contribution in [-0.2, 0) is 30.1 Å². The molecule has 0 bridgehead atoms. The summed E-state index contributed by atoms with van der Waals surface area (Å²) >= 11 is 0. The third-order valence-corrected chi connectivity index (χ3v) is 14.4. The zero-order chi connectivity index (χ0) is 33.2. The number of methoxy groups -OCH3 is 1. The predicted molar refractivity (Wildman–Crippen MR) is 185 cm³/mol. The molecule has 0 heterocycles. The lowest BCUT2D eigenvalue weighted by atomic mass is 10.1. The largest absolute Gasteiger partial charge is 0.497 e. The molecule has 246 valence electrons. The SMILES string of the molecule is COc1ccc(CO[C@@H](CCO[Si](c2ccccc2)(c2ccccc2)C(C)(C)C)C[C@H](O)COS(=O)(=O)c2ccc(C)cc2)cc1. The lowest BCUT2D eigenvalue weighted by Crippen LogP contribution is -2.66. The van der Waals surface area contributed by atoms with Crippen molar-refractivity contribution in [1.82, 2.24) is 0 Å². The van der Waals surface area contributed by atoms with Gasteiger partial charge in [-0.2, -0.15) is 8.42 Å². The molecule has 7 nitrogen and oxygen atoms in total. The Morgan fingerprint density at radius 2 is 1.37 bits per heavy atom. The van der Waals surface area contributed by atoms with Gasteiger partial charge < -0.3 is 19.0 Å². The average Bonchev–Trinajstić information content (AvgIpc) is 3.05. The Hall–Kier alpha value is -3.31. The van der Waals surface area contributed by atoms with E-state index < -0.39 is 30.6 Å². The monoisotopic (exact) mass is 662 g/mol. The molecule has 0 radical (unpaired) electrons. The fourth-order valence-corrected chi connectivity index (χ4v) is 11.1. The Labute approximate surface area is 275 Å². The normalized spacial score (nSPS) is 13.7. The minimum absolute atomic E-state index is 0.0521. The van der Waals surface area contributed by atoms with Gasteiger partial charge in [0.1, 0.15) is 5.75 Å². The van der Waals surface area contributed by atoms with Crippen LogP contribution in [0.4, 0.5) is 0 Å². The molecular weight excluding hydrogens is 617 g/mol. The smallest absolute Gasteiger partial charge is 0.297 e. The number of benzene rings is 4. The van der Waals surface area contributed by atoms with Crippen molar-refractivity contribution in [3.05, 3.63) is 120 Å². The van der Waals surface area contributed by atoms with Gasteiger partial charge in [-0.05, 0) is 58.6 Å². The molecule has 2 atom stereocenters. The molecule has 1 N–H and O–H groups in total. The van der Waals surface area contributed by atoms with Gasteiger partial charge in [-0.3, -0.25) is 4.18 Å². The zero-order valence-corrected chi connectivity index (χ0v) is 29.2. The molecule has 0 amide bonds. The van der Waals surface area contributed by atoms with Crippen LogP contribution in [-0.4, -0.2) is 54.4 Å². The molecule has 0 unspecified atom stereocenters. The van der Waals surface area contributed by atoms with E-state index in [9.17, 15) is 13.5 Å². The van der Waals surface area contributed by atoms with E-state index in [-0.39, 0.29) is 23.0 Å². The Balaban J connectivity index is 1.51. The molecule has 4 rings (SSSR count). The number of hydrogen-bond donors (Lipinski definition) is 1. The van der Waals surface area contributed by atoms with Crippen LogP contribution in [0.2, 0.25) is 5.04 Å². The van der Waals surface area contributed by atoms with Crippen molar-refractivity contribution in [3.8, 4) is 5.75 Å². The fourth-order valence-electron chi connectivity index (χ4n) is 5.62. The van der Waals surface area contributed by atoms with Crippen LogP contribution in [0.5, 0.6) is 5.75 Å². The van der Waals surface area contributed by atoms with Crippen LogP contribution in [0.3, 0.4) is 0 Å². The maximum absolute atomic E-state index is 12.8. The van der Waals surface area contributed by atoms with Crippen molar-refractivity contribution in [2.75, 3.05) is 20.3 Å². The van der Waals surface area contributed by atoms with Crippen molar-refractivity contribution >= 4 is 28.8 Å². The van der Waals surface area contributed by atoms with E-state index in [0.29, 0.717) is 19.6 Å². The quantitative estimate of drug-likeness (QED) is 0.116. The van der Waals surface area contributed by atoms with E-state index in [1.807, 2.05) is 43.3 Å². The molecule has 0 aromatic heterocycles. The summed E-state index contributed by atoms with van der Waals surface area (Å²) in [6, 6.07) is 34.9. The summed E-state index contributed by atoms with van der Waals surface area (Å²) in [7, 11) is -5.17. The number of ether oxygens (including phenoxy) is 2. The third kappa shape index (κ3) is 9.15. The van der Waals surface area contributed by atoms with Crippen LogP contribution in [0.25, 0.3) is 0 Å².